The monoisotopic (exact) mass is 353 g/mol. The van der Waals surface area contributed by atoms with Crippen LogP contribution in [0.2, 0.25) is 0 Å². The number of aromatic nitrogens is 1. The molecule has 3 aromatic rings. The van der Waals surface area contributed by atoms with Crippen molar-refractivity contribution in [1.82, 2.24) is 4.98 Å². The molecule has 7 heteroatoms. The van der Waals surface area contributed by atoms with Gasteiger partial charge in [-0.1, -0.05) is 0 Å². The third-order valence-electron chi connectivity index (χ3n) is 3.50. The van der Waals surface area contributed by atoms with Gasteiger partial charge in [0.15, 0.2) is 0 Å². The largest absolute Gasteiger partial charge is 0.573 e. The highest BCUT2D eigenvalue weighted by molar-refractivity contribution is 7.08. The summed E-state index contributed by atoms with van der Waals surface area (Å²) in [6, 6.07) is 7.86. The van der Waals surface area contributed by atoms with E-state index in [1.165, 1.54) is 18.2 Å². The topological polar surface area (TPSA) is 42.4 Å². The van der Waals surface area contributed by atoms with Crippen LogP contribution < -0.4 is 4.74 Å². The van der Waals surface area contributed by atoms with Gasteiger partial charge in [0.25, 0.3) is 0 Å². The van der Waals surface area contributed by atoms with Gasteiger partial charge in [-0.3, -0.25) is 0 Å². The molecule has 126 valence electrons. The average Bonchev–Trinajstić information content (AvgIpc) is 3.04. The summed E-state index contributed by atoms with van der Waals surface area (Å²) in [6.07, 6.45) is -3.57. The molecule has 0 amide bonds. The average molecular weight is 353 g/mol. The number of ether oxygens (including phenoxy) is 1. The van der Waals surface area contributed by atoms with E-state index in [1.54, 1.807) is 11.3 Å². The third kappa shape index (κ3) is 3.85. The van der Waals surface area contributed by atoms with Crippen LogP contribution in [0.5, 0.6) is 5.75 Å². The Hall–Kier alpha value is -2.12. The summed E-state index contributed by atoms with van der Waals surface area (Å²) in [7, 11) is 0. The van der Waals surface area contributed by atoms with Crippen molar-refractivity contribution in [1.29, 1.82) is 0 Å². The molecule has 0 bridgehead atoms. The lowest BCUT2D eigenvalue weighted by atomic mass is 10.0. The first-order chi connectivity index (χ1) is 11.5. The Morgan fingerprint density at radius 2 is 2.00 bits per heavy atom. The van der Waals surface area contributed by atoms with Crippen LogP contribution in [0, 0.1) is 0 Å². The molecule has 0 aliphatic carbocycles. The molecular formula is C17H14F3NO2S. The molecule has 0 spiro atoms. The van der Waals surface area contributed by atoms with E-state index in [4.69, 9.17) is 5.11 Å². The molecule has 0 saturated heterocycles. The van der Waals surface area contributed by atoms with Gasteiger partial charge in [-0.25, -0.2) is 4.98 Å². The highest BCUT2D eigenvalue weighted by atomic mass is 32.1. The van der Waals surface area contributed by atoms with Crippen molar-refractivity contribution in [3.8, 4) is 17.0 Å². The molecule has 24 heavy (non-hydrogen) atoms. The first kappa shape index (κ1) is 16.7. The number of hydrogen-bond acceptors (Lipinski definition) is 4. The van der Waals surface area contributed by atoms with Crippen LogP contribution in [0.15, 0.2) is 41.1 Å². The second kappa shape index (κ2) is 6.78. The van der Waals surface area contributed by atoms with E-state index in [1.807, 2.05) is 22.9 Å². The zero-order chi connectivity index (χ0) is 17.2. The SMILES string of the molecule is OCCCc1cc2cc(OC(F)(F)F)ccc2nc1-c1ccsc1. The highest BCUT2D eigenvalue weighted by Gasteiger charge is 2.31. The van der Waals surface area contributed by atoms with Crippen LogP contribution in [0.4, 0.5) is 13.2 Å². The predicted octanol–water partition coefficient (Wildman–Crippen LogP) is 4.79. The van der Waals surface area contributed by atoms with Crippen LogP contribution in [0.3, 0.4) is 0 Å². The molecule has 0 radical (unpaired) electrons. The lowest BCUT2D eigenvalue weighted by molar-refractivity contribution is -0.274. The van der Waals surface area contributed by atoms with E-state index in [9.17, 15) is 13.2 Å². The third-order valence-corrected chi connectivity index (χ3v) is 4.18. The standard InChI is InChI=1S/C17H14F3NO2S/c18-17(19,20)23-14-3-4-15-13(9-14)8-11(2-1-6-22)16(21-15)12-5-7-24-10-12/h3-5,7-10,22H,1-2,6H2. The number of hydrogen-bond donors (Lipinski definition) is 1. The molecule has 0 aliphatic rings. The maximum absolute atomic E-state index is 12.4. The van der Waals surface area contributed by atoms with Crippen molar-refractivity contribution < 1.29 is 23.0 Å². The Kier molecular flexibility index (Phi) is 4.73. The number of rotatable bonds is 5. The Balaban J connectivity index is 2.07. The lowest BCUT2D eigenvalue weighted by Crippen LogP contribution is -2.17. The van der Waals surface area contributed by atoms with Crippen LogP contribution in [0.25, 0.3) is 22.2 Å². The van der Waals surface area contributed by atoms with Gasteiger partial charge in [-0.2, -0.15) is 11.3 Å². The van der Waals surface area contributed by atoms with Crippen molar-refractivity contribution in [3.63, 3.8) is 0 Å². The van der Waals surface area contributed by atoms with E-state index in [0.717, 1.165) is 16.8 Å². The molecular weight excluding hydrogens is 339 g/mol. The number of thiophene rings is 1. The fourth-order valence-corrected chi connectivity index (χ4v) is 3.15. The van der Waals surface area contributed by atoms with Gasteiger partial charge in [0.2, 0.25) is 0 Å². The second-order valence-electron chi connectivity index (χ2n) is 5.24. The summed E-state index contributed by atoms with van der Waals surface area (Å²) in [5, 5.41) is 13.6. The van der Waals surface area contributed by atoms with E-state index >= 15 is 0 Å². The lowest BCUT2D eigenvalue weighted by Gasteiger charge is -2.12. The van der Waals surface area contributed by atoms with Crippen LogP contribution in [0.1, 0.15) is 12.0 Å². The van der Waals surface area contributed by atoms with E-state index in [-0.39, 0.29) is 12.4 Å². The minimum absolute atomic E-state index is 0.0400. The van der Waals surface area contributed by atoms with Crippen molar-refractivity contribution >= 4 is 22.2 Å². The molecule has 0 atom stereocenters. The molecule has 1 N–H and O–H groups in total. The quantitative estimate of drug-likeness (QED) is 0.717. The van der Waals surface area contributed by atoms with Crippen molar-refractivity contribution in [2.45, 2.75) is 19.2 Å². The maximum Gasteiger partial charge on any atom is 0.573 e. The maximum atomic E-state index is 12.4. The van der Waals surface area contributed by atoms with Gasteiger partial charge in [-0.15, -0.1) is 13.2 Å². The number of nitrogens with zero attached hydrogens (tertiary/aromatic N) is 1. The first-order valence-corrected chi connectivity index (χ1v) is 8.23. The summed E-state index contributed by atoms with van der Waals surface area (Å²) in [5.41, 5.74) is 3.24. The van der Waals surface area contributed by atoms with Crippen LogP contribution >= 0.6 is 11.3 Å². The fraction of sp³-hybridized carbons (Fsp3) is 0.235. The molecule has 1 aromatic carbocycles. The summed E-state index contributed by atoms with van der Waals surface area (Å²) < 4.78 is 41.1. The molecule has 3 nitrogen and oxygen atoms in total. The van der Waals surface area contributed by atoms with Gasteiger partial charge >= 0.3 is 6.36 Å². The minimum Gasteiger partial charge on any atom is -0.406 e. The van der Waals surface area contributed by atoms with Gasteiger partial charge in [0, 0.05) is 22.9 Å². The van der Waals surface area contributed by atoms with Crippen molar-refractivity contribution in [2.75, 3.05) is 6.61 Å². The Morgan fingerprint density at radius 1 is 1.17 bits per heavy atom. The zero-order valence-electron chi connectivity index (χ0n) is 12.5. The molecule has 3 rings (SSSR count). The van der Waals surface area contributed by atoms with Crippen molar-refractivity contribution in [3.05, 3.63) is 46.7 Å². The molecule has 2 heterocycles. The number of aliphatic hydroxyl groups excluding tert-OH is 1. The zero-order valence-corrected chi connectivity index (χ0v) is 13.3. The second-order valence-corrected chi connectivity index (χ2v) is 6.02. The number of benzene rings is 1. The van der Waals surface area contributed by atoms with E-state index < -0.39 is 6.36 Å². The summed E-state index contributed by atoms with van der Waals surface area (Å²) in [4.78, 5) is 4.60. The van der Waals surface area contributed by atoms with Crippen LogP contribution in [-0.4, -0.2) is 23.1 Å². The number of fused-ring (bicyclic) bond motifs is 1. The Labute approximate surface area is 140 Å². The van der Waals surface area contributed by atoms with Gasteiger partial charge in [0.05, 0.1) is 11.2 Å². The number of aryl methyl sites for hydroxylation is 1. The molecule has 0 saturated carbocycles. The highest BCUT2D eigenvalue weighted by Crippen LogP contribution is 2.31. The predicted molar refractivity (Wildman–Crippen MR) is 87.1 cm³/mol. The molecule has 0 aliphatic heterocycles. The van der Waals surface area contributed by atoms with Crippen molar-refractivity contribution in [2.24, 2.45) is 0 Å². The number of pyridine rings is 1. The smallest absolute Gasteiger partial charge is 0.406 e. The fourth-order valence-electron chi connectivity index (χ4n) is 2.50. The van der Waals surface area contributed by atoms with Gasteiger partial charge < -0.3 is 9.84 Å². The van der Waals surface area contributed by atoms with Gasteiger partial charge in [0.1, 0.15) is 5.75 Å². The summed E-state index contributed by atoms with van der Waals surface area (Å²) >= 11 is 1.55. The van der Waals surface area contributed by atoms with E-state index in [0.29, 0.717) is 23.7 Å². The first-order valence-electron chi connectivity index (χ1n) is 7.29. The molecule has 0 unspecified atom stereocenters. The van der Waals surface area contributed by atoms with Crippen LogP contribution in [-0.2, 0) is 6.42 Å². The summed E-state index contributed by atoms with van der Waals surface area (Å²) in [5.74, 6) is -0.270. The number of alkyl halides is 3. The normalized spacial score (nSPS) is 11.8. The van der Waals surface area contributed by atoms with Gasteiger partial charge in [-0.05, 0) is 54.1 Å². The van der Waals surface area contributed by atoms with E-state index in [2.05, 4.69) is 9.72 Å². The molecule has 2 aromatic heterocycles. The number of aliphatic hydroxyl groups is 1. The Bertz CT molecular complexity index is 832. The Morgan fingerprint density at radius 3 is 2.67 bits per heavy atom. The number of halogens is 3. The minimum atomic E-state index is -4.72. The molecule has 0 fully saturated rings. The summed E-state index contributed by atoms with van der Waals surface area (Å²) in [6.45, 7) is 0.0400.